The minimum atomic E-state index is -0.493. The van der Waals surface area contributed by atoms with Gasteiger partial charge in [-0.15, -0.1) is 0 Å². The zero-order valence-corrected chi connectivity index (χ0v) is 10.3. The summed E-state index contributed by atoms with van der Waals surface area (Å²) in [6.45, 7) is 0.994. The third-order valence-corrected chi connectivity index (χ3v) is 3.29. The fourth-order valence-electron chi connectivity index (χ4n) is 1.84. The van der Waals surface area contributed by atoms with Crippen LogP contribution in [-0.2, 0) is 4.74 Å². The molecule has 98 valence electrons. The normalized spacial score (nSPS) is 16.1. The van der Waals surface area contributed by atoms with E-state index in [1.54, 1.807) is 0 Å². The summed E-state index contributed by atoms with van der Waals surface area (Å²) < 4.78 is 4.54. The zero-order chi connectivity index (χ0) is 13.0. The van der Waals surface area contributed by atoms with Gasteiger partial charge in [-0.2, -0.15) is 0 Å². The SMILES string of the molecule is COC(=O)c1cnc(NCC2(CCO)CC2)cn1. The first-order valence-electron chi connectivity index (χ1n) is 5.94. The second kappa shape index (κ2) is 5.30. The standard InChI is InChI=1S/C12H17N3O3/c1-18-11(17)9-6-14-10(7-13-9)15-8-12(2-3-12)4-5-16/h6-7,16H,2-5,8H2,1H3,(H,14,15). The predicted octanol–water partition coefficient (Wildman–Crippen LogP) is 0.838. The number of aliphatic hydroxyl groups excluding tert-OH is 1. The molecule has 0 unspecified atom stereocenters. The van der Waals surface area contributed by atoms with Crippen LogP contribution in [-0.4, -0.2) is 41.3 Å². The Morgan fingerprint density at radius 3 is 2.78 bits per heavy atom. The van der Waals surface area contributed by atoms with Gasteiger partial charge in [0.15, 0.2) is 5.69 Å². The fourth-order valence-corrected chi connectivity index (χ4v) is 1.84. The molecular formula is C12H17N3O3. The van der Waals surface area contributed by atoms with Gasteiger partial charge in [0, 0.05) is 13.2 Å². The molecule has 0 amide bonds. The number of rotatable bonds is 6. The van der Waals surface area contributed by atoms with Crippen molar-refractivity contribution in [2.24, 2.45) is 5.41 Å². The van der Waals surface area contributed by atoms with Gasteiger partial charge < -0.3 is 15.2 Å². The zero-order valence-electron chi connectivity index (χ0n) is 10.3. The Balaban J connectivity index is 1.89. The lowest BCUT2D eigenvalue weighted by molar-refractivity contribution is 0.0593. The van der Waals surface area contributed by atoms with Crippen molar-refractivity contribution < 1.29 is 14.6 Å². The molecule has 0 aliphatic heterocycles. The molecule has 18 heavy (non-hydrogen) atoms. The van der Waals surface area contributed by atoms with E-state index >= 15 is 0 Å². The van der Waals surface area contributed by atoms with E-state index in [0.29, 0.717) is 5.82 Å². The van der Waals surface area contributed by atoms with E-state index < -0.39 is 5.97 Å². The van der Waals surface area contributed by atoms with Crippen LogP contribution in [0.4, 0.5) is 5.82 Å². The molecular weight excluding hydrogens is 234 g/mol. The molecule has 1 heterocycles. The summed E-state index contributed by atoms with van der Waals surface area (Å²) in [5.41, 5.74) is 0.414. The molecule has 2 rings (SSSR count). The number of hydrogen-bond donors (Lipinski definition) is 2. The molecule has 0 atom stereocenters. The Bertz CT molecular complexity index is 415. The predicted molar refractivity (Wildman–Crippen MR) is 65.2 cm³/mol. The van der Waals surface area contributed by atoms with E-state index in [0.717, 1.165) is 25.8 Å². The number of hydrogen-bond acceptors (Lipinski definition) is 6. The third kappa shape index (κ3) is 2.95. The first kappa shape index (κ1) is 12.8. The van der Waals surface area contributed by atoms with E-state index in [4.69, 9.17) is 5.11 Å². The average molecular weight is 251 g/mol. The van der Waals surface area contributed by atoms with Crippen molar-refractivity contribution in [2.45, 2.75) is 19.3 Å². The minimum Gasteiger partial charge on any atom is -0.464 e. The van der Waals surface area contributed by atoms with E-state index in [9.17, 15) is 4.79 Å². The fraction of sp³-hybridized carbons (Fsp3) is 0.583. The van der Waals surface area contributed by atoms with Crippen LogP contribution in [0.1, 0.15) is 29.8 Å². The van der Waals surface area contributed by atoms with Gasteiger partial charge in [0.2, 0.25) is 0 Å². The number of aliphatic hydroxyl groups is 1. The van der Waals surface area contributed by atoms with Gasteiger partial charge in [0.25, 0.3) is 0 Å². The van der Waals surface area contributed by atoms with Crippen LogP contribution in [0.25, 0.3) is 0 Å². The van der Waals surface area contributed by atoms with Gasteiger partial charge >= 0.3 is 5.97 Å². The Morgan fingerprint density at radius 2 is 2.28 bits per heavy atom. The molecule has 2 N–H and O–H groups in total. The van der Waals surface area contributed by atoms with Crippen LogP contribution in [0.3, 0.4) is 0 Å². The van der Waals surface area contributed by atoms with Gasteiger partial charge in [-0.05, 0) is 24.7 Å². The highest BCUT2D eigenvalue weighted by atomic mass is 16.5. The van der Waals surface area contributed by atoms with E-state index in [2.05, 4.69) is 20.0 Å². The van der Waals surface area contributed by atoms with Crippen LogP contribution in [0.2, 0.25) is 0 Å². The highest BCUT2D eigenvalue weighted by molar-refractivity contribution is 5.86. The van der Waals surface area contributed by atoms with Gasteiger partial charge in [0.1, 0.15) is 5.82 Å². The summed E-state index contributed by atoms with van der Waals surface area (Å²) in [5.74, 6) is 0.139. The van der Waals surface area contributed by atoms with Gasteiger partial charge in [-0.3, -0.25) is 0 Å². The van der Waals surface area contributed by atoms with Crippen molar-refractivity contribution in [1.82, 2.24) is 9.97 Å². The summed E-state index contributed by atoms with van der Waals surface area (Å²) >= 11 is 0. The largest absolute Gasteiger partial charge is 0.464 e. The van der Waals surface area contributed by atoms with Crippen LogP contribution in [0.15, 0.2) is 12.4 Å². The number of ether oxygens (including phenoxy) is 1. The average Bonchev–Trinajstić information content (AvgIpc) is 3.17. The molecule has 1 aromatic rings. The summed E-state index contributed by atoms with van der Waals surface area (Å²) in [7, 11) is 1.31. The second-order valence-corrected chi connectivity index (χ2v) is 4.61. The quantitative estimate of drug-likeness (QED) is 0.729. The van der Waals surface area contributed by atoms with Crippen molar-refractivity contribution in [3.8, 4) is 0 Å². The van der Waals surface area contributed by atoms with Crippen molar-refractivity contribution in [1.29, 1.82) is 0 Å². The number of anilines is 1. The Morgan fingerprint density at radius 1 is 1.50 bits per heavy atom. The first-order chi connectivity index (χ1) is 8.69. The third-order valence-electron chi connectivity index (χ3n) is 3.29. The molecule has 1 aliphatic carbocycles. The Hall–Kier alpha value is -1.69. The van der Waals surface area contributed by atoms with Crippen molar-refractivity contribution in [3.05, 3.63) is 18.1 Å². The number of nitrogens with zero attached hydrogens (tertiary/aromatic N) is 2. The lowest BCUT2D eigenvalue weighted by atomic mass is 10.0. The number of carbonyl (C=O) groups excluding carboxylic acids is 1. The summed E-state index contributed by atoms with van der Waals surface area (Å²) in [6.07, 6.45) is 5.98. The smallest absolute Gasteiger partial charge is 0.358 e. The molecule has 0 spiro atoms. The van der Waals surface area contributed by atoms with Gasteiger partial charge in [-0.1, -0.05) is 0 Å². The molecule has 6 nitrogen and oxygen atoms in total. The van der Waals surface area contributed by atoms with E-state index in [-0.39, 0.29) is 17.7 Å². The van der Waals surface area contributed by atoms with Crippen molar-refractivity contribution in [3.63, 3.8) is 0 Å². The molecule has 1 fully saturated rings. The van der Waals surface area contributed by atoms with Gasteiger partial charge in [0.05, 0.1) is 19.5 Å². The molecule has 1 aromatic heterocycles. The van der Waals surface area contributed by atoms with Crippen LogP contribution >= 0.6 is 0 Å². The monoisotopic (exact) mass is 251 g/mol. The molecule has 0 saturated heterocycles. The summed E-state index contributed by atoms with van der Waals surface area (Å²) in [4.78, 5) is 19.2. The van der Waals surface area contributed by atoms with Crippen LogP contribution in [0, 0.1) is 5.41 Å². The summed E-state index contributed by atoms with van der Waals surface area (Å²) in [6, 6.07) is 0. The molecule has 0 aromatic carbocycles. The second-order valence-electron chi connectivity index (χ2n) is 4.61. The van der Waals surface area contributed by atoms with E-state index in [1.807, 2.05) is 0 Å². The highest BCUT2D eigenvalue weighted by Crippen LogP contribution is 2.48. The van der Waals surface area contributed by atoms with E-state index in [1.165, 1.54) is 19.5 Å². The highest BCUT2D eigenvalue weighted by Gasteiger charge is 2.41. The van der Waals surface area contributed by atoms with Crippen LogP contribution < -0.4 is 5.32 Å². The number of esters is 1. The van der Waals surface area contributed by atoms with Gasteiger partial charge in [-0.25, -0.2) is 14.8 Å². The molecule has 1 saturated carbocycles. The molecule has 0 bridgehead atoms. The van der Waals surface area contributed by atoms with Crippen LogP contribution in [0.5, 0.6) is 0 Å². The maximum Gasteiger partial charge on any atom is 0.358 e. The number of methoxy groups -OCH3 is 1. The lowest BCUT2D eigenvalue weighted by Crippen LogP contribution is -2.17. The lowest BCUT2D eigenvalue weighted by Gasteiger charge is -2.14. The maximum atomic E-state index is 11.2. The van der Waals surface area contributed by atoms with Crippen molar-refractivity contribution >= 4 is 11.8 Å². The molecule has 0 radical (unpaired) electrons. The van der Waals surface area contributed by atoms with Crippen molar-refractivity contribution in [2.75, 3.05) is 25.6 Å². The minimum absolute atomic E-state index is 0.194. The topological polar surface area (TPSA) is 84.3 Å². The maximum absolute atomic E-state index is 11.2. The number of nitrogens with one attached hydrogen (secondary N) is 1. The molecule has 1 aliphatic rings. The Labute approximate surface area is 105 Å². The summed E-state index contributed by atoms with van der Waals surface area (Å²) in [5, 5.41) is 12.1. The first-order valence-corrected chi connectivity index (χ1v) is 5.94. The number of carbonyl (C=O) groups is 1. The Kier molecular flexibility index (Phi) is 3.76. The molecule has 6 heteroatoms. The number of aromatic nitrogens is 2.